The molecule has 1 fully saturated rings. The minimum atomic E-state index is 0.00143. The van der Waals surface area contributed by atoms with E-state index in [0.29, 0.717) is 17.1 Å². The summed E-state index contributed by atoms with van der Waals surface area (Å²) >= 11 is 0. The van der Waals surface area contributed by atoms with Crippen molar-refractivity contribution >= 4 is 16.9 Å². The van der Waals surface area contributed by atoms with E-state index < -0.39 is 0 Å². The SMILES string of the molecule is CN(CCN(C)C1CCCCC1)C(=O)c1cccc2n[nH]nc12. The second-order valence-corrected chi connectivity index (χ2v) is 6.50. The van der Waals surface area contributed by atoms with Gasteiger partial charge in [-0.25, -0.2) is 0 Å². The van der Waals surface area contributed by atoms with Crippen LogP contribution in [0.15, 0.2) is 18.2 Å². The van der Waals surface area contributed by atoms with Gasteiger partial charge in [-0.1, -0.05) is 25.3 Å². The summed E-state index contributed by atoms with van der Waals surface area (Å²) in [5.74, 6) is 0.00143. The lowest BCUT2D eigenvalue weighted by molar-refractivity contribution is 0.0769. The molecule has 1 heterocycles. The Balaban J connectivity index is 1.60. The Kier molecular flexibility index (Phi) is 4.91. The van der Waals surface area contributed by atoms with Crippen LogP contribution in [-0.2, 0) is 0 Å². The third-order valence-corrected chi connectivity index (χ3v) is 4.91. The summed E-state index contributed by atoms with van der Waals surface area (Å²) in [4.78, 5) is 16.9. The van der Waals surface area contributed by atoms with Gasteiger partial charge in [0.15, 0.2) is 0 Å². The summed E-state index contributed by atoms with van der Waals surface area (Å²) in [6, 6.07) is 6.19. The fourth-order valence-electron chi connectivity index (χ4n) is 3.36. The molecule has 1 aliphatic rings. The highest BCUT2D eigenvalue weighted by Crippen LogP contribution is 2.21. The average molecular weight is 315 g/mol. The van der Waals surface area contributed by atoms with Gasteiger partial charge in [0.1, 0.15) is 11.0 Å². The highest BCUT2D eigenvalue weighted by molar-refractivity contribution is 6.04. The maximum Gasteiger partial charge on any atom is 0.255 e. The van der Waals surface area contributed by atoms with Crippen LogP contribution in [0.2, 0.25) is 0 Å². The Labute approximate surface area is 136 Å². The topological polar surface area (TPSA) is 65.1 Å². The summed E-state index contributed by atoms with van der Waals surface area (Å²) in [7, 11) is 4.03. The van der Waals surface area contributed by atoms with E-state index in [1.54, 1.807) is 4.90 Å². The maximum atomic E-state index is 12.7. The molecule has 124 valence electrons. The van der Waals surface area contributed by atoms with Crippen molar-refractivity contribution in [2.75, 3.05) is 27.2 Å². The Morgan fingerprint density at radius 1 is 1.17 bits per heavy atom. The molecule has 3 rings (SSSR count). The minimum absolute atomic E-state index is 0.00143. The van der Waals surface area contributed by atoms with Crippen LogP contribution in [-0.4, -0.2) is 64.3 Å². The molecule has 23 heavy (non-hydrogen) atoms. The number of carbonyl (C=O) groups is 1. The Bertz CT molecular complexity index is 662. The number of nitrogens with zero attached hydrogens (tertiary/aromatic N) is 4. The lowest BCUT2D eigenvalue weighted by Gasteiger charge is -2.32. The molecule has 0 atom stereocenters. The van der Waals surface area contributed by atoms with Gasteiger partial charge in [-0.15, -0.1) is 0 Å². The third-order valence-electron chi connectivity index (χ3n) is 4.91. The van der Waals surface area contributed by atoms with Gasteiger partial charge in [0, 0.05) is 26.2 Å². The fraction of sp³-hybridized carbons (Fsp3) is 0.588. The quantitative estimate of drug-likeness (QED) is 0.919. The number of likely N-dealkylation sites (N-methyl/N-ethyl adjacent to an activating group) is 2. The highest BCUT2D eigenvalue weighted by Gasteiger charge is 2.20. The van der Waals surface area contributed by atoms with Crippen molar-refractivity contribution < 1.29 is 4.79 Å². The van der Waals surface area contributed by atoms with Crippen LogP contribution in [0.3, 0.4) is 0 Å². The van der Waals surface area contributed by atoms with Gasteiger partial charge in [-0.05, 0) is 32.0 Å². The third kappa shape index (κ3) is 3.52. The molecule has 0 bridgehead atoms. The number of fused-ring (bicyclic) bond motifs is 1. The second kappa shape index (κ2) is 7.08. The van der Waals surface area contributed by atoms with Gasteiger partial charge in [0.25, 0.3) is 5.91 Å². The number of hydrogen-bond donors (Lipinski definition) is 1. The van der Waals surface area contributed by atoms with Gasteiger partial charge < -0.3 is 9.80 Å². The standard InChI is InChI=1S/C17H25N5O/c1-21(13-7-4-3-5-8-13)11-12-22(2)17(23)14-9-6-10-15-16(14)19-20-18-15/h6,9-10,13H,3-5,7-8,11-12H2,1-2H3,(H,18,19,20). The Hall–Kier alpha value is -1.95. The van der Waals surface area contributed by atoms with Crippen LogP contribution in [0, 0.1) is 0 Å². The molecular formula is C17H25N5O. The predicted octanol–water partition coefficient (Wildman–Crippen LogP) is 2.29. The summed E-state index contributed by atoms with van der Waals surface area (Å²) in [6.07, 6.45) is 6.60. The molecule has 6 nitrogen and oxygen atoms in total. The number of hydrogen-bond acceptors (Lipinski definition) is 4. The lowest BCUT2D eigenvalue weighted by atomic mass is 9.94. The van der Waals surface area contributed by atoms with Crippen molar-refractivity contribution in [2.24, 2.45) is 0 Å². The van der Waals surface area contributed by atoms with E-state index in [2.05, 4.69) is 27.4 Å². The normalized spacial score (nSPS) is 16.1. The number of H-pyrrole nitrogens is 1. The number of para-hydroxylation sites is 1. The molecule has 1 amide bonds. The number of rotatable bonds is 5. The van der Waals surface area contributed by atoms with E-state index in [4.69, 9.17) is 0 Å². The first-order valence-electron chi connectivity index (χ1n) is 8.42. The van der Waals surface area contributed by atoms with Gasteiger partial charge in [-0.2, -0.15) is 15.4 Å². The van der Waals surface area contributed by atoms with E-state index in [1.165, 1.54) is 32.1 Å². The van der Waals surface area contributed by atoms with Crippen LogP contribution in [0.1, 0.15) is 42.5 Å². The number of carbonyl (C=O) groups excluding carboxylic acids is 1. The van der Waals surface area contributed by atoms with Crippen LogP contribution in [0.5, 0.6) is 0 Å². The van der Waals surface area contributed by atoms with Crippen molar-refractivity contribution in [3.8, 4) is 0 Å². The molecule has 0 spiro atoms. The first-order chi connectivity index (χ1) is 11.2. The molecule has 1 aromatic heterocycles. The van der Waals surface area contributed by atoms with Crippen molar-refractivity contribution in [3.05, 3.63) is 23.8 Å². The number of benzene rings is 1. The van der Waals surface area contributed by atoms with Crippen LogP contribution >= 0.6 is 0 Å². The molecule has 2 aromatic rings. The van der Waals surface area contributed by atoms with Crippen molar-refractivity contribution in [2.45, 2.75) is 38.1 Å². The Morgan fingerprint density at radius 2 is 1.96 bits per heavy atom. The van der Waals surface area contributed by atoms with Gasteiger partial charge in [-0.3, -0.25) is 4.79 Å². The summed E-state index contributed by atoms with van der Waals surface area (Å²) in [5, 5.41) is 10.7. The van der Waals surface area contributed by atoms with Crippen LogP contribution < -0.4 is 0 Å². The van der Waals surface area contributed by atoms with Crippen molar-refractivity contribution in [1.29, 1.82) is 0 Å². The largest absolute Gasteiger partial charge is 0.340 e. The van der Waals surface area contributed by atoms with E-state index in [-0.39, 0.29) is 5.91 Å². The van der Waals surface area contributed by atoms with Crippen LogP contribution in [0.4, 0.5) is 0 Å². The van der Waals surface area contributed by atoms with E-state index in [9.17, 15) is 4.79 Å². The predicted molar refractivity (Wildman–Crippen MR) is 90.4 cm³/mol. The van der Waals surface area contributed by atoms with Crippen molar-refractivity contribution in [1.82, 2.24) is 25.2 Å². The fourth-order valence-corrected chi connectivity index (χ4v) is 3.36. The first-order valence-corrected chi connectivity index (χ1v) is 8.42. The van der Waals surface area contributed by atoms with E-state index >= 15 is 0 Å². The highest BCUT2D eigenvalue weighted by atomic mass is 16.2. The van der Waals surface area contributed by atoms with Gasteiger partial charge in [0.05, 0.1) is 5.56 Å². The average Bonchev–Trinajstić information content (AvgIpc) is 3.08. The van der Waals surface area contributed by atoms with Gasteiger partial charge in [0.2, 0.25) is 0 Å². The van der Waals surface area contributed by atoms with E-state index in [1.807, 2.05) is 25.2 Å². The zero-order valence-corrected chi connectivity index (χ0v) is 14.0. The summed E-state index contributed by atoms with van der Waals surface area (Å²) < 4.78 is 0. The molecule has 1 aromatic carbocycles. The van der Waals surface area contributed by atoms with Crippen molar-refractivity contribution in [3.63, 3.8) is 0 Å². The monoisotopic (exact) mass is 315 g/mol. The summed E-state index contributed by atoms with van der Waals surface area (Å²) in [5.41, 5.74) is 1.98. The molecule has 0 unspecified atom stereocenters. The minimum Gasteiger partial charge on any atom is -0.340 e. The molecule has 6 heteroatoms. The number of aromatic amines is 1. The van der Waals surface area contributed by atoms with Crippen LogP contribution in [0.25, 0.3) is 11.0 Å². The molecular weight excluding hydrogens is 290 g/mol. The number of nitrogens with one attached hydrogen (secondary N) is 1. The molecule has 1 saturated carbocycles. The molecule has 0 saturated heterocycles. The zero-order chi connectivity index (χ0) is 16.2. The first kappa shape index (κ1) is 15.9. The number of aromatic nitrogens is 3. The lowest BCUT2D eigenvalue weighted by Crippen LogP contribution is -2.40. The van der Waals surface area contributed by atoms with Gasteiger partial charge >= 0.3 is 0 Å². The Morgan fingerprint density at radius 3 is 2.74 bits per heavy atom. The van der Waals surface area contributed by atoms with E-state index in [0.717, 1.165) is 18.6 Å². The zero-order valence-electron chi connectivity index (χ0n) is 14.0. The summed E-state index contributed by atoms with van der Waals surface area (Å²) in [6.45, 7) is 1.63. The number of amides is 1. The molecule has 1 aliphatic carbocycles. The smallest absolute Gasteiger partial charge is 0.255 e. The molecule has 0 radical (unpaired) electrons. The second-order valence-electron chi connectivity index (χ2n) is 6.50. The molecule has 1 N–H and O–H groups in total. The molecule has 0 aliphatic heterocycles. The maximum absolute atomic E-state index is 12.7.